The lowest BCUT2D eigenvalue weighted by Crippen LogP contribution is -2.15. The standard InChI is InChI=1S/C15H25NO/c1-4-6-7-11-16-12-14-10-8-9-13(3)15(14)17-5-2/h8-10,16H,4-7,11-12H2,1-3H3. The monoisotopic (exact) mass is 235 g/mol. The van der Waals surface area contributed by atoms with Crippen LogP contribution < -0.4 is 10.1 Å². The summed E-state index contributed by atoms with van der Waals surface area (Å²) in [6.07, 6.45) is 3.84. The molecule has 0 aliphatic rings. The first-order chi connectivity index (χ1) is 8.29. The molecule has 0 aliphatic carbocycles. The molecule has 96 valence electrons. The molecule has 0 saturated heterocycles. The molecule has 0 heterocycles. The first-order valence-electron chi connectivity index (χ1n) is 6.71. The molecule has 0 spiro atoms. The SMILES string of the molecule is CCCCCNCc1cccc(C)c1OCC. The fourth-order valence-corrected chi connectivity index (χ4v) is 1.93. The number of para-hydroxylation sites is 1. The van der Waals surface area contributed by atoms with Crippen molar-refractivity contribution in [3.8, 4) is 5.75 Å². The molecule has 1 rings (SSSR count). The second kappa shape index (κ2) is 8.13. The molecule has 2 heteroatoms. The van der Waals surface area contributed by atoms with E-state index in [9.17, 15) is 0 Å². The van der Waals surface area contributed by atoms with Crippen LogP contribution in [0.3, 0.4) is 0 Å². The highest BCUT2D eigenvalue weighted by Gasteiger charge is 2.05. The minimum Gasteiger partial charge on any atom is -0.493 e. The average molecular weight is 235 g/mol. The molecule has 0 radical (unpaired) electrons. The number of nitrogens with one attached hydrogen (secondary N) is 1. The van der Waals surface area contributed by atoms with E-state index in [2.05, 4.69) is 37.4 Å². The van der Waals surface area contributed by atoms with E-state index in [-0.39, 0.29) is 0 Å². The number of hydrogen-bond acceptors (Lipinski definition) is 2. The lowest BCUT2D eigenvalue weighted by molar-refractivity contribution is 0.333. The van der Waals surface area contributed by atoms with Crippen LogP contribution in [0.5, 0.6) is 5.75 Å². The van der Waals surface area contributed by atoms with Crippen LogP contribution in [0.15, 0.2) is 18.2 Å². The first-order valence-corrected chi connectivity index (χ1v) is 6.71. The third kappa shape index (κ3) is 4.78. The molecule has 1 aromatic carbocycles. The Morgan fingerprint density at radius 2 is 2.00 bits per heavy atom. The lowest BCUT2D eigenvalue weighted by Gasteiger charge is -2.13. The molecule has 0 bridgehead atoms. The van der Waals surface area contributed by atoms with E-state index in [0.717, 1.165) is 25.4 Å². The van der Waals surface area contributed by atoms with Crippen LogP contribution in [0.4, 0.5) is 0 Å². The summed E-state index contributed by atoms with van der Waals surface area (Å²) >= 11 is 0. The van der Waals surface area contributed by atoms with Gasteiger partial charge in [-0.3, -0.25) is 0 Å². The maximum atomic E-state index is 5.71. The summed E-state index contributed by atoms with van der Waals surface area (Å²) in [5, 5.41) is 3.48. The number of hydrogen-bond donors (Lipinski definition) is 1. The summed E-state index contributed by atoms with van der Waals surface area (Å²) in [6.45, 7) is 9.09. The summed E-state index contributed by atoms with van der Waals surface area (Å²) in [6, 6.07) is 6.34. The van der Waals surface area contributed by atoms with Gasteiger partial charge in [-0.25, -0.2) is 0 Å². The average Bonchev–Trinajstić information content (AvgIpc) is 2.33. The summed E-state index contributed by atoms with van der Waals surface area (Å²) in [5.74, 6) is 1.05. The maximum Gasteiger partial charge on any atom is 0.126 e. The quantitative estimate of drug-likeness (QED) is 0.694. The Morgan fingerprint density at radius 1 is 1.18 bits per heavy atom. The third-order valence-electron chi connectivity index (χ3n) is 2.85. The molecule has 17 heavy (non-hydrogen) atoms. The number of unbranched alkanes of at least 4 members (excludes halogenated alkanes) is 2. The minimum atomic E-state index is 0.730. The Morgan fingerprint density at radius 3 is 2.71 bits per heavy atom. The molecule has 0 amide bonds. The van der Waals surface area contributed by atoms with Crippen LogP contribution in [0.1, 0.15) is 44.2 Å². The highest BCUT2D eigenvalue weighted by atomic mass is 16.5. The molecule has 0 aromatic heterocycles. The zero-order valence-electron chi connectivity index (χ0n) is 11.4. The van der Waals surface area contributed by atoms with E-state index in [1.807, 2.05) is 6.92 Å². The number of ether oxygens (including phenoxy) is 1. The van der Waals surface area contributed by atoms with Crippen LogP contribution in [0, 0.1) is 6.92 Å². The van der Waals surface area contributed by atoms with Crippen LogP contribution >= 0.6 is 0 Å². The highest BCUT2D eigenvalue weighted by Crippen LogP contribution is 2.23. The molecule has 0 unspecified atom stereocenters. The van der Waals surface area contributed by atoms with E-state index in [1.54, 1.807) is 0 Å². The van der Waals surface area contributed by atoms with Crippen LogP contribution in [0.25, 0.3) is 0 Å². The molecular weight excluding hydrogens is 210 g/mol. The van der Waals surface area contributed by atoms with Gasteiger partial charge in [0.25, 0.3) is 0 Å². The Kier molecular flexibility index (Phi) is 6.71. The molecule has 1 N–H and O–H groups in total. The van der Waals surface area contributed by atoms with E-state index in [1.165, 1.54) is 30.4 Å². The molecule has 0 aliphatic heterocycles. The smallest absolute Gasteiger partial charge is 0.126 e. The van der Waals surface area contributed by atoms with Gasteiger partial charge < -0.3 is 10.1 Å². The van der Waals surface area contributed by atoms with Gasteiger partial charge in [-0.1, -0.05) is 38.0 Å². The van der Waals surface area contributed by atoms with Crippen molar-refractivity contribution in [2.45, 2.75) is 46.6 Å². The van der Waals surface area contributed by atoms with Crippen molar-refractivity contribution in [2.75, 3.05) is 13.2 Å². The fourth-order valence-electron chi connectivity index (χ4n) is 1.93. The van der Waals surface area contributed by atoms with Gasteiger partial charge in [0.05, 0.1) is 6.61 Å². The van der Waals surface area contributed by atoms with Crippen LogP contribution in [0.2, 0.25) is 0 Å². The van der Waals surface area contributed by atoms with Crippen molar-refractivity contribution in [1.29, 1.82) is 0 Å². The Hall–Kier alpha value is -1.02. The Bertz CT molecular complexity index is 323. The van der Waals surface area contributed by atoms with E-state index in [4.69, 9.17) is 4.74 Å². The molecule has 0 atom stereocenters. The molecular formula is C15H25NO. The zero-order chi connectivity index (χ0) is 12.5. The van der Waals surface area contributed by atoms with Crippen molar-refractivity contribution >= 4 is 0 Å². The topological polar surface area (TPSA) is 21.3 Å². The predicted octanol–water partition coefficient (Wildman–Crippen LogP) is 3.67. The van der Waals surface area contributed by atoms with Crippen molar-refractivity contribution in [3.63, 3.8) is 0 Å². The molecule has 0 fully saturated rings. The normalized spacial score (nSPS) is 10.5. The van der Waals surface area contributed by atoms with Crippen molar-refractivity contribution in [1.82, 2.24) is 5.32 Å². The van der Waals surface area contributed by atoms with Gasteiger partial charge in [0, 0.05) is 12.1 Å². The minimum absolute atomic E-state index is 0.730. The van der Waals surface area contributed by atoms with E-state index in [0.29, 0.717) is 0 Å². The van der Waals surface area contributed by atoms with Gasteiger partial charge in [0.15, 0.2) is 0 Å². The molecule has 2 nitrogen and oxygen atoms in total. The number of rotatable bonds is 8. The summed E-state index contributed by atoms with van der Waals surface area (Å²) < 4.78 is 5.71. The van der Waals surface area contributed by atoms with Crippen molar-refractivity contribution in [2.24, 2.45) is 0 Å². The highest BCUT2D eigenvalue weighted by molar-refractivity contribution is 5.40. The fraction of sp³-hybridized carbons (Fsp3) is 0.600. The molecule has 0 saturated carbocycles. The number of benzene rings is 1. The second-order valence-electron chi connectivity index (χ2n) is 4.38. The first kappa shape index (κ1) is 14.0. The largest absolute Gasteiger partial charge is 0.493 e. The second-order valence-corrected chi connectivity index (χ2v) is 4.38. The van der Waals surface area contributed by atoms with Gasteiger partial charge in [0.1, 0.15) is 5.75 Å². The van der Waals surface area contributed by atoms with Crippen molar-refractivity contribution in [3.05, 3.63) is 29.3 Å². The van der Waals surface area contributed by atoms with Gasteiger partial charge in [0.2, 0.25) is 0 Å². The Labute approximate surface area is 105 Å². The van der Waals surface area contributed by atoms with E-state index >= 15 is 0 Å². The zero-order valence-corrected chi connectivity index (χ0v) is 11.4. The summed E-state index contributed by atoms with van der Waals surface area (Å²) in [4.78, 5) is 0. The van der Waals surface area contributed by atoms with E-state index < -0.39 is 0 Å². The van der Waals surface area contributed by atoms with Gasteiger partial charge in [-0.15, -0.1) is 0 Å². The third-order valence-corrected chi connectivity index (χ3v) is 2.85. The molecule has 1 aromatic rings. The van der Waals surface area contributed by atoms with Crippen molar-refractivity contribution < 1.29 is 4.74 Å². The van der Waals surface area contributed by atoms with Crippen LogP contribution in [-0.4, -0.2) is 13.2 Å². The Balaban J connectivity index is 2.48. The van der Waals surface area contributed by atoms with Crippen LogP contribution in [-0.2, 0) is 6.54 Å². The lowest BCUT2D eigenvalue weighted by atomic mass is 10.1. The number of aryl methyl sites for hydroxylation is 1. The summed E-state index contributed by atoms with van der Waals surface area (Å²) in [5.41, 5.74) is 2.49. The van der Waals surface area contributed by atoms with Gasteiger partial charge in [-0.05, 0) is 32.4 Å². The summed E-state index contributed by atoms with van der Waals surface area (Å²) in [7, 11) is 0. The maximum absolute atomic E-state index is 5.71. The van der Waals surface area contributed by atoms with Gasteiger partial charge in [-0.2, -0.15) is 0 Å². The van der Waals surface area contributed by atoms with Gasteiger partial charge >= 0.3 is 0 Å². The predicted molar refractivity (Wildman–Crippen MR) is 73.6 cm³/mol.